The molecule has 0 radical (unpaired) electrons. The van der Waals surface area contributed by atoms with Gasteiger partial charge in [-0.25, -0.2) is 6.07 Å². The second kappa shape index (κ2) is 1.70. The minimum absolute atomic E-state index is 0.194. The van der Waals surface area contributed by atoms with E-state index in [1.165, 1.54) is 6.07 Å². The minimum atomic E-state index is -0.194. The van der Waals surface area contributed by atoms with Crippen LogP contribution in [0.4, 0.5) is 4.39 Å². The highest BCUT2D eigenvalue weighted by molar-refractivity contribution is 9.10. The Morgan fingerprint density at radius 1 is 1.71 bits per heavy atom. The molecule has 0 bridgehead atoms. The van der Waals surface area contributed by atoms with Gasteiger partial charge in [-0.15, -0.1) is 6.07 Å². The highest BCUT2D eigenvalue weighted by Crippen LogP contribution is 2.13. The van der Waals surface area contributed by atoms with Gasteiger partial charge in [-0.2, -0.15) is 6.07 Å². The van der Waals surface area contributed by atoms with Crippen LogP contribution in [-0.4, -0.2) is 0 Å². The molecule has 0 nitrogen and oxygen atoms in total. The topological polar surface area (TPSA) is 0 Å². The third-order valence-electron chi connectivity index (χ3n) is 0.713. The molecule has 1 aromatic rings. The Balaban J connectivity index is 3.12. The molecule has 0 N–H and O–H groups in total. The lowest BCUT2D eigenvalue weighted by Crippen LogP contribution is -1.57. The van der Waals surface area contributed by atoms with Crippen LogP contribution < -0.4 is 0 Å². The fraction of sp³-hybridized carbons (Fsp3) is 0. The van der Waals surface area contributed by atoms with Gasteiger partial charge in [0.15, 0.2) is 0 Å². The Kier molecular flexibility index (Phi) is 1.19. The van der Waals surface area contributed by atoms with Gasteiger partial charge in [-0.3, -0.25) is 4.39 Å². The van der Waals surface area contributed by atoms with E-state index in [1.807, 2.05) is 0 Å². The van der Waals surface area contributed by atoms with E-state index in [1.54, 1.807) is 12.1 Å². The summed E-state index contributed by atoms with van der Waals surface area (Å²) in [5.41, 5.74) is 0. The SMILES string of the molecule is F[c-]1cccc1Br. The maximum Gasteiger partial charge on any atom is 0.0210 e. The predicted octanol–water partition coefficient (Wildman–Crippen LogP) is 2.31. The van der Waals surface area contributed by atoms with E-state index in [-0.39, 0.29) is 5.82 Å². The van der Waals surface area contributed by atoms with Crippen molar-refractivity contribution >= 4 is 15.9 Å². The molecule has 2 heteroatoms. The smallest absolute Gasteiger partial charge is 0.0210 e. The standard InChI is InChI=1S/C5H3BrF/c6-4-2-1-3-5(4)7/h1-3H/q-1. The summed E-state index contributed by atoms with van der Waals surface area (Å²) in [5.74, 6) is -0.194. The molecular weight excluding hydrogens is 159 g/mol. The second-order valence-electron chi connectivity index (χ2n) is 1.22. The van der Waals surface area contributed by atoms with Gasteiger partial charge in [0.1, 0.15) is 0 Å². The molecule has 7 heavy (non-hydrogen) atoms. The lowest BCUT2D eigenvalue weighted by molar-refractivity contribution is 0.626. The number of hydrogen-bond donors (Lipinski definition) is 0. The summed E-state index contributed by atoms with van der Waals surface area (Å²) in [6, 6.07) is 4.72. The van der Waals surface area contributed by atoms with Crippen LogP contribution >= 0.6 is 15.9 Å². The van der Waals surface area contributed by atoms with Gasteiger partial charge in [-0.1, -0.05) is 20.4 Å². The Labute approximate surface area is 49.5 Å². The van der Waals surface area contributed by atoms with E-state index in [9.17, 15) is 4.39 Å². The molecule has 38 valence electrons. The Hall–Kier alpha value is -0.240. The van der Waals surface area contributed by atoms with Gasteiger partial charge in [0.05, 0.1) is 0 Å². The van der Waals surface area contributed by atoms with Gasteiger partial charge in [-0.05, 0) is 0 Å². The van der Waals surface area contributed by atoms with E-state index in [0.717, 1.165) is 0 Å². The van der Waals surface area contributed by atoms with Crippen LogP contribution in [-0.2, 0) is 0 Å². The van der Waals surface area contributed by atoms with Crippen LogP contribution in [0, 0.1) is 5.82 Å². The van der Waals surface area contributed by atoms with Gasteiger partial charge >= 0.3 is 0 Å². The van der Waals surface area contributed by atoms with Crippen LogP contribution in [0.1, 0.15) is 0 Å². The molecule has 0 aromatic heterocycles. The normalized spacial score (nSPS) is 9.43. The molecule has 0 fully saturated rings. The number of hydrogen-bond acceptors (Lipinski definition) is 0. The highest BCUT2D eigenvalue weighted by atomic mass is 79.9. The number of rotatable bonds is 0. The van der Waals surface area contributed by atoms with Crippen molar-refractivity contribution in [2.24, 2.45) is 0 Å². The van der Waals surface area contributed by atoms with E-state index in [0.29, 0.717) is 4.47 Å². The fourth-order valence-corrected chi connectivity index (χ4v) is 0.661. The first kappa shape index (κ1) is 4.91. The Morgan fingerprint density at radius 2 is 2.43 bits per heavy atom. The minimum Gasteiger partial charge on any atom is -0.283 e. The molecule has 0 aliphatic carbocycles. The molecular formula is C5H3BrF-. The molecule has 0 spiro atoms. The largest absolute Gasteiger partial charge is 0.283 e. The zero-order chi connectivity index (χ0) is 5.28. The van der Waals surface area contributed by atoms with Crippen LogP contribution in [0.2, 0.25) is 0 Å². The lowest BCUT2D eigenvalue weighted by Gasteiger charge is -1.84. The van der Waals surface area contributed by atoms with Crippen molar-refractivity contribution in [1.82, 2.24) is 0 Å². The summed E-state index contributed by atoms with van der Waals surface area (Å²) in [7, 11) is 0. The van der Waals surface area contributed by atoms with Crippen molar-refractivity contribution in [2.75, 3.05) is 0 Å². The van der Waals surface area contributed by atoms with E-state index in [4.69, 9.17) is 0 Å². The fourth-order valence-electron chi connectivity index (χ4n) is 0.376. The van der Waals surface area contributed by atoms with Crippen molar-refractivity contribution in [2.45, 2.75) is 0 Å². The summed E-state index contributed by atoms with van der Waals surface area (Å²) in [6.45, 7) is 0. The maximum absolute atomic E-state index is 12.0. The van der Waals surface area contributed by atoms with Crippen molar-refractivity contribution in [3.8, 4) is 0 Å². The molecule has 0 aliphatic heterocycles. The van der Waals surface area contributed by atoms with Gasteiger partial charge in [0.25, 0.3) is 0 Å². The summed E-state index contributed by atoms with van der Waals surface area (Å²) in [4.78, 5) is 0. The molecule has 0 heterocycles. The summed E-state index contributed by atoms with van der Waals surface area (Å²) in [6.07, 6.45) is 0. The Morgan fingerprint density at radius 3 is 2.57 bits per heavy atom. The van der Waals surface area contributed by atoms with Crippen LogP contribution in [0.5, 0.6) is 0 Å². The molecule has 0 unspecified atom stereocenters. The van der Waals surface area contributed by atoms with E-state index in [2.05, 4.69) is 15.9 Å². The zero-order valence-corrected chi connectivity index (χ0v) is 5.07. The van der Waals surface area contributed by atoms with Gasteiger partial charge in [0.2, 0.25) is 0 Å². The molecule has 0 amide bonds. The summed E-state index contributed by atoms with van der Waals surface area (Å²) < 4.78 is 12.6. The second-order valence-corrected chi connectivity index (χ2v) is 2.08. The van der Waals surface area contributed by atoms with Crippen molar-refractivity contribution in [3.05, 3.63) is 28.5 Å². The van der Waals surface area contributed by atoms with Crippen LogP contribution in [0.3, 0.4) is 0 Å². The lowest BCUT2D eigenvalue weighted by atomic mass is 10.6. The molecule has 0 saturated heterocycles. The summed E-state index contributed by atoms with van der Waals surface area (Å²) >= 11 is 2.99. The average Bonchev–Trinajstić information content (AvgIpc) is 1.91. The van der Waals surface area contributed by atoms with Crippen molar-refractivity contribution in [3.63, 3.8) is 0 Å². The van der Waals surface area contributed by atoms with Gasteiger partial charge < -0.3 is 0 Å². The average molecular weight is 162 g/mol. The van der Waals surface area contributed by atoms with Gasteiger partial charge in [0, 0.05) is 5.82 Å². The van der Waals surface area contributed by atoms with Crippen molar-refractivity contribution < 1.29 is 4.39 Å². The predicted molar refractivity (Wildman–Crippen MR) is 29.7 cm³/mol. The molecule has 0 saturated carbocycles. The van der Waals surface area contributed by atoms with E-state index < -0.39 is 0 Å². The maximum atomic E-state index is 12.0. The summed E-state index contributed by atoms with van der Waals surface area (Å²) in [5, 5.41) is 0. The van der Waals surface area contributed by atoms with Crippen molar-refractivity contribution in [1.29, 1.82) is 0 Å². The third-order valence-corrected chi connectivity index (χ3v) is 1.36. The highest BCUT2D eigenvalue weighted by Gasteiger charge is 1.81. The first-order valence-corrected chi connectivity index (χ1v) is 2.66. The first-order chi connectivity index (χ1) is 3.30. The molecule has 1 rings (SSSR count). The van der Waals surface area contributed by atoms with Crippen LogP contribution in [0.15, 0.2) is 22.7 Å². The zero-order valence-electron chi connectivity index (χ0n) is 3.49. The molecule has 0 aliphatic rings. The quantitative estimate of drug-likeness (QED) is 0.513. The number of halogens is 2. The molecule has 0 atom stereocenters. The monoisotopic (exact) mass is 161 g/mol. The third kappa shape index (κ3) is 0.855. The molecule has 1 aromatic carbocycles. The van der Waals surface area contributed by atoms with E-state index >= 15 is 0 Å². The van der Waals surface area contributed by atoms with Crippen LogP contribution in [0.25, 0.3) is 0 Å². The Bertz CT molecular complexity index is 140. The first-order valence-electron chi connectivity index (χ1n) is 1.87.